The second kappa shape index (κ2) is 11.1. The highest BCUT2D eigenvalue weighted by atomic mass is 32.1. The first-order valence-electron chi connectivity index (χ1n) is 9.74. The molecule has 0 atom stereocenters. The van der Waals surface area contributed by atoms with Crippen molar-refractivity contribution in [2.75, 3.05) is 27.9 Å². The maximum atomic E-state index is 12.1. The lowest BCUT2D eigenvalue weighted by Crippen LogP contribution is -2.34. The van der Waals surface area contributed by atoms with E-state index >= 15 is 0 Å². The minimum Gasteiger partial charge on any atom is -0.497 e. The summed E-state index contributed by atoms with van der Waals surface area (Å²) in [6.45, 7) is -0.576. The van der Waals surface area contributed by atoms with Gasteiger partial charge in [-0.3, -0.25) is 19.7 Å². The Bertz CT molecular complexity index is 1140. The minimum absolute atomic E-state index is 0.108. The maximum Gasteiger partial charge on any atom is 0.312 e. The fraction of sp³-hybridized carbons (Fsp3) is 0.217. The maximum absolute atomic E-state index is 12.1. The first-order chi connectivity index (χ1) is 15.9. The van der Waals surface area contributed by atoms with Crippen molar-refractivity contribution in [3.63, 3.8) is 0 Å². The number of hydrogen-bond acceptors (Lipinski definition) is 9. The van der Waals surface area contributed by atoms with Crippen molar-refractivity contribution in [3.05, 3.63) is 59.1 Å². The highest BCUT2D eigenvalue weighted by Crippen LogP contribution is 2.33. The Morgan fingerprint density at radius 1 is 0.939 bits per heavy atom. The predicted octanol–water partition coefficient (Wildman–Crippen LogP) is 2.88. The zero-order valence-corrected chi connectivity index (χ0v) is 19.1. The second-order valence-electron chi connectivity index (χ2n) is 6.66. The van der Waals surface area contributed by atoms with E-state index in [1.165, 1.54) is 30.6 Å². The number of carbonyl (C=O) groups is 3. The first-order valence-corrected chi connectivity index (χ1v) is 10.6. The van der Waals surface area contributed by atoms with E-state index in [1.54, 1.807) is 43.9 Å². The van der Waals surface area contributed by atoms with Gasteiger partial charge in [-0.25, -0.2) is 4.98 Å². The van der Waals surface area contributed by atoms with E-state index in [-0.39, 0.29) is 12.0 Å². The van der Waals surface area contributed by atoms with Crippen LogP contribution in [0, 0.1) is 0 Å². The number of hydrogen-bond donors (Lipinski definition) is 1. The topological polar surface area (TPSA) is 113 Å². The van der Waals surface area contributed by atoms with Gasteiger partial charge in [0, 0.05) is 16.5 Å². The fourth-order valence-corrected chi connectivity index (χ4v) is 3.63. The van der Waals surface area contributed by atoms with Gasteiger partial charge >= 0.3 is 5.97 Å². The first kappa shape index (κ1) is 23.7. The third-order valence-corrected chi connectivity index (χ3v) is 5.42. The van der Waals surface area contributed by atoms with Crippen molar-refractivity contribution in [2.24, 2.45) is 0 Å². The van der Waals surface area contributed by atoms with Gasteiger partial charge in [0.05, 0.1) is 33.4 Å². The summed E-state index contributed by atoms with van der Waals surface area (Å²) in [6.07, 6.45) is -0.108. The lowest BCUT2D eigenvalue weighted by molar-refractivity contribution is -0.147. The molecule has 2 amide bonds. The highest BCUT2D eigenvalue weighted by Gasteiger charge is 2.15. The van der Waals surface area contributed by atoms with Gasteiger partial charge in [-0.1, -0.05) is 0 Å². The zero-order valence-electron chi connectivity index (χ0n) is 18.2. The highest BCUT2D eigenvalue weighted by molar-refractivity contribution is 7.13. The average molecular weight is 471 g/mol. The third kappa shape index (κ3) is 6.30. The Balaban J connectivity index is 1.50. The van der Waals surface area contributed by atoms with Gasteiger partial charge in [0.25, 0.3) is 11.8 Å². The van der Waals surface area contributed by atoms with E-state index in [1.807, 2.05) is 6.07 Å². The second-order valence-corrected chi connectivity index (χ2v) is 7.52. The van der Waals surface area contributed by atoms with Gasteiger partial charge in [-0.2, -0.15) is 0 Å². The molecular formula is C23H22N2O7S. The molecule has 0 bridgehead atoms. The van der Waals surface area contributed by atoms with E-state index in [0.29, 0.717) is 28.0 Å². The molecule has 33 heavy (non-hydrogen) atoms. The number of nitrogens with zero attached hydrogens (tertiary/aromatic N) is 1. The Morgan fingerprint density at radius 2 is 1.67 bits per heavy atom. The summed E-state index contributed by atoms with van der Waals surface area (Å²) in [7, 11) is 4.61. The molecule has 1 heterocycles. The monoisotopic (exact) mass is 470 g/mol. The molecule has 0 saturated heterocycles. The number of ether oxygens (including phenoxy) is 4. The lowest BCUT2D eigenvalue weighted by atomic mass is 10.2. The van der Waals surface area contributed by atoms with Crippen LogP contribution in [0.3, 0.4) is 0 Å². The summed E-state index contributed by atoms with van der Waals surface area (Å²) >= 11 is 1.36. The summed E-state index contributed by atoms with van der Waals surface area (Å²) < 4.78 is 20.5. The molecule has 0 aliphatic rings. The van der Waals surface area contributed by atoms with Crippen LogP contribution in [0.2, 0.25) is 0 Å². The lowest BCUT2D eigenvalue weighted by Gasteiger charge is -2.08. The van der Waals surface area contributed by atoms with Crippen molar-refractivity contribution >= 4 is 29.1 Å². The Morgan fingerprint density at radius 3 is 2.33 bits per heavy atom. The Hall–Kier alpha value is -3.92. The van der Waals surface area contributed by atoms with E-state index < -0.39 is 24.4 Å². The SMILES string of the molecule is COc1ccc(C(=O)NC(=O)COC(=O)Cc2csc(-c3ccc(OC)c(OC)c3)n2)cc1. The van der Waals surface area contributed by atoms with E-state index in [2.05, 4.69) is 10.3 Å². The molecule has 1 N–H and O–H groups in total. The molecule has 0 aliphatic carbocycles. The molecule has 1 aromatic heterocycles. The third-order valence-electron chi connectivity index (χ3n) is 4.48. The van der Waals surface area contributed by atoms with Crippen LogP contribution in [0.15, 0.2) is 47.8 Å². The van der Waals surface area contributed by atoms with Gasteiger partial charge < -0.3 is 18.9 Å². The van der Waals surface area contributed by atoms with Gasteiger partial charge in [-0.05, 0) is 42.5 Å². The quantitative estimate of drug-likeness (QED) is 0.475. The Labute approximate surface area is 194 Å². The number of imide groups is 1. The summed E-state index contributed by atoms with van der Waals surface area (Å²) in [6, 6.07) is 11.6. The van der Waals surface area contributed by atoms with Crippen molar-refractivity contribution in [2.45, 2.75) is 6.42 Å². The van der Waals surface area contributed by atoms with Gasteiger partial charge in [0.1, 0.15) is 10.8 Å². The number of esters is 1. The molecule has 2 aromatic carbocycles. The number of methoxy groups -OCH3 is 3. The van der Waals surface area contributed by atoms with Crippen LogP contribution in [-0.2, 0) is 20.7 Å². The molecule has 0 aliphatic heterocycles. The summed E-state index contributed by atoms with van der Waals surface area (Å²) in [5.41, 5.74) is 1.60. The van der Waals surface area contributed by atoms with Crippen LogP contribution in [0.4, 0.5) is 0 Å². The number of benzene rings is 2. The van der Waals surface area contributed by atoms with Gasteiger partial charge in [0.2, 0.25) is 0 Å². The molecule has 0 saturated carbocycles. The summed E-state index contributed by atoms with van der Waals surface area (Å²) in [4.78, 5) is 40.6. The van der Waals surface area contributed by atoms with Crippen LogP contribution >= 0.6 is 11.3 Å². The molecule has 172 valence electrons. The van der Waals surface area contributed by atoms with Crippen LogP contribution in [-0.4, -0.2) is 50.7 Å². The van der Waals surface area contributed by atoms with Crippen LogP contribution in [0.25, 0.3) is 10.6 Å². The molecular weight excluding hydrogens is 448 g/mol. The standard InChI is InChI=1S/C23H22N2O7S/c1-29-17-7-4-14(5-8-17)22(28)25-20(26)12-32-21(27)11-16-13-33-23(24-16)15-6-9-18(30-2)19(10-15)31-3/h4-10,13H,11-12H2,1-3H3,(H,25,26,28). The number of rotatable bonds is 9. The summed E-state index contributed by atoms with van der Waals surface area (Å²) in [5, 5.41) is 4.60. The number of aromatic nitrogens is 1. The van der Waals surface area contributed by atoms with Gasteiger partial charge in [0.15, 0.2) is 18.1 Å². The van der Waals surface area contributed by atoms with E-state index in [9.17, 15) is 14.4 Å². The van der Waals surface area contributed by atoms with Crippen molar-refractivity contribution in [1.29, 1.82) is 0 Å². The molecule has 0 radical (unpaired) electrons. The van der Waals surface area contributed by atoms with Crippen LogP contribution in [0.1, 0.15) is 16.1 Å². The largest absolute Gasteiger partial charge is 0.497 e. The van der Waals surface area contributed by atoms with E-state index in [4.69, 9.17) is 18.9 Å². The predicted molar refractivity (Wildman–Crippen MR) is 121 cm³/mol. The number of thiazole rings is 1. The minimum atomic E-state index is -0.728. The molecule has 9 nitrogen and oxygen atoms in total. The van der Waals surface area contributed by atoms with Crippen molar-refractivity contribution in [1.82, 2.24) is 10.3 Å². The van der Waals surface area contributed by atoms with Crippen LogP contribution < -0.4 is 19.5 Å². The molecule has 10 heteroatoms. The summed E-state index contributed by atoms with van der Waals surface area (Å²) in [5.74, 6) is -0.202. The fourth-order valence-electron chi connectivity index (χ4n) is 2.81. The Kier molecular flexibility index (Phi) is 7.98. The number of carbonyl (C=O) groups excluding carboxylic acids is 3. The van der Waals surface area contributed by atoms with E-state index in [0.717, 1.165) is 5.56 Å². The average Bonchev–Trinajstić information content (AvgIpc) is 3.30. The van der Waals surface area contributed by atoms with Crippen molar-refractivity contribution < 1.29 is 33.3 Å². The molecule has 0 spiro atoms. The number of nitrogens with one attached hydrogen (secondary N) is 1. The molecule has 3 rings (SSSR count). The van der Waals surface area contributed by atoms with Crippen LogP contribution in [0.5, 0.6) is 17.2 Å². The molecule has 0 unspecified atom stereocenters. The molecule has 3 aromatic rings. The zero-order chi connectivity index (χ0) is 23.8. The normalized spacial score (nSPS) is 10.3. The van der Waals surface area contributed by atoms with Gasteiger partial charge in [-0.15, -0.1) is 11.3 Å². The smallest absolute Gasteiger partial charge is 0.312 e. The number of amides is 2. The van der Waals surface area contributed by atoms with Crippen molar-refractivity contribution in [3.8, 4) is 27.8 Å². The molecule has 0 fully saturated rings.